The Morgan fingerprint density at radius 3 is 0.824 bits per heavy atom. The molecular formula is C13H33N3S. The van der Waals surface area contributed by atoms with Crippen molar-refractivity contribution in [3.05, 3.63) is 0 Å². The van der Waals surface area contributed by atoms with Gasteiger partial charge in [0.1, 0.15) is 0 Å². The van der Waals surface area contributed by atoms with Crippen molar-refractivity contribution < 1.29 is 0 Å². The van der Waals surface area contributed by atoms with E-state index in [4.69, 9.17) is 0 Å². The fourth-order valence-electron chi connectivity index (χ4n) is 1.91. The van der Waals surface area contributed by atoms with Crippen LogP contribution in [-0.4, -0.2) is 22.9 Å². The molecule has 0 saturated heterocycles. The Hall–Kier alpha value is 0.230. The molecular weight excluding hydrogens is 230 g/mol. The van der Waals surface area contributed by atoms with Gasteiger partial charge in [0, 0.05) is 22.9 Å². The van der Waals surface area contributed by atoms with Crippen LogP contribution in [0, 0.1) is 0 Å². The summed E-state index contributed by atoms with van der Waals surface area (Å²) < 4.78 is 11.1. The Morgan fingerprint density at radius 2 is 0.706 bits per heavy atom. The summed E-state index contributed by atoms with van der Waals surface area (Å²) in [4.78, 5) is 0. The number of hydrogen-bond acceptors (Lipinski definition) is 3. The SMILES string of the molecule is CC(C)(C)NS(C)(NC(C)(C)C)NC(C)(C)C. The van der Waals surface area contributed by atoms with Gasteiger partial charge in [-0.15, -0.1) is 0 Å². The number of nitrogens with one attached hydrogen (secondary N) is 3. The monoisotopic (exact) mass is 263 g/mol. The molecule has 0 radical (unpaired) electrons. The van der Waals surface area contributed by atoms with E-state index in [1.54, 1.807) is 0 Å². The number of hydrogen-bond donors (Lipinski definition) is 3. The molecule has 3 nitrogen and oxygen atoms in total. The molecule has 0 atom stereocenters. The van der Waals surface area contributed by atoms with Crippen LogP contribution in [0.1, 0.15) is 62.3 Å². The maximum Gasteiger partial charge on any atom is 0.0205 e. The highest BCUT2D eigenvalue weighted by atomic mass is 32.3. The van der Waals surface area contributed by atoms with E-state index in [0.717, 1.165) is 0 Å². The molecule has 0 aliphatic heterocycles. The highest BCUT2D eigenvalue weighted by Crippen LogP contribution is 2.37. The maximum absolute atomic E-state index is 3.71. The Morgan fingerprint density at radius 1 is 0.529 bits per heavy atom. The molecule has 0 aliphatic rings. The second-order valence-electron chi connectivity index (χ2n) is 7.97. The van der Waals surface area contributed by atoms with E-state index in [1.165, 1.54) is 0 Å². The van der Waals surface area contributed by atoms with Crippen molar-refractivity contribution in [2.24, 2.45) is 0 Å². The minimum Gasteiger partial charge on any atom is -0.253 e. The van der Waals surface area contributed by atoms with Crippen LogP contribution in [0.5, 0.6) is 0 Å². The third-order valence-corrected chi connectivity index (χ3v) is 4.59. The van der Waals surface area contributed by atoms with Gasteiger partial charge in [0.05, 0.1) is 0 Å². The molecule has 0 bridgehead atoms. The van der Waals surface area contributed by atoms with E-state index in [1.807, 2.05) is 0 Å². The van der Waals surface area contributed by atoms with Gasteiger partial charge in [-0.1, -0.05) is 10.6 Å². The summed E-state index contributed by atoms with van der Waals surface area (Å²) in [6.07, 6.45) is 2.24. The van der Waals surface area contributed by atoms with Crippen LogP contribution in [0.2, 0.25) is 0 Å². The summed E-state index contributed by atoms with van der Waals surface area (Å²) in [5.41, 5.74) is 0.252. The quantitative estimate of drug-likeness (QED) is 0.731. The second kappa shape index (κ2) is 5.08. The summed E-state index contributed by atoms with van der Waals surface area (Å²) >= 11 is 0. The maximum atomic E-state index is 3.71. The Labute approximate surface area is 110 Å². The zero-order valence-corrected chi connectivity index (χ0v) is 14.2. The highest BCUT2D eigenvalue weighted by Gasteiger charge is 2.31. The van der Waals surface area contributed by atoms with Crippen molar-refractivity contribution in [3.8, 4) is 0 Å². The van der Waals surface area contributed by atoms with E-state index in [2.05, 4.69) is 82.7 Å². The largest absolute Gasteiger partial charge is 0.253 e. The van der Waals surface area contributed by atoms with Crippen LogP contribution < -0.4 is 14.2 Å². The van der Waals surface area contributed by atoms with Gasteiger partial charge in [-0.05, 0) is 62.3 Å². The first kappa shape index (κ1) is 17.2. The van der Waals surface area contributed by atoms with Gasteiger partial charge in [0.25, 0.3) is 0 Å². The molecule has 0 saturated carbocycles. The molecule has 0 heterocycles. The fourth-order valence-corrected chi connectivity index (χ4v) is 5.74. The van der Waals surface area contributed by atoms with E-state index >= 15 is 0 Å². The standard InChI is InChI=1S/C13H33N3S/c1-11(2,3)14-17(10,15-12(4,5)6)16-13(7,8)9/h14-16H,1-10H3. The molecule has 0 aromatic heterocycles. The van der Waals surface area contributed by atoms with Crippen LogP contribution >= 0.6 is 10.6 Å². The summed E-state index contributed by atoms with van der Waals surface area (Å²) in [5, 5.41) is 0. The van der Waals surface area contributed by atoms with E-state index in [-0.39, 0.29) is 16.6 Å². The lowest BCUT2D eigenvalue weighted by atomic mass is 10.1. The Bertz CT molecular complexity index is 202. The van der Waals surface area contributed by atoms with E-state index in [9.17, 15) is 0 Å². The molecule has 0 amide bonds. The Kier molecular flexibility index (Phi) is 5.15. The first-order valence-corrected chi connectivity index (χ1v) is 8.31. The summed E-state index contributed by atoms with van der Waals surface area (Å²) in [6.45, 7) is 19.8. The van der Waals surface area contributed by atoms with Crippen LogP contribution in [-0.2, 0) is 0 Å². The lowest BCUT2D eigenvalue weighted by Gasteiger charge is -2.50. The number of rotatable bonds is 3. The predicted octanol–water partition coefficient (Wildman–Crippen LogP) is 3.33. The molecule has 4 heteroatoms. The minimum atomic E-state index is -1.26. The third kappa shape index (κ3) is 9.89. The zero-order chi connectivity index (χ0) is 14.1. The fraction of sp³-hybridized carbons (Fsp3) is 1.00. The average molecular weight is 263 g/mol. The van der Waals surface area contributed by atoms with Crippen molar-refractivity contribution in [2.75, 3.05) is 6.26 Å². The van der Waals surface area contributed by atoms with Gasteiger partial charge >= 0.3 is 0 Å². The molecule has 106 valence electrons. The van der Waals surface area contributed by atoms with E-state index in [0.29, 0.717) is 0 Å². The summed E-state index contributed by atoms with van der Waals surface area (Å²) in [7, 11) is -1.26. The van der Waals surface area contributed by atoms with Crippen LogP contribution in [0.25, 0.3) is 0 Å². The van der Waals surface area contributed by atoms with Crippen molar-refractivity contribution in [3.63, 3.8) is 0 Å². The highest BCUT2D eigenvalue weighted by molar-refractivity contribution is 8.28. The summed E-state index contributed by atoms with van der Waals surface area (Å²) in [5.74, 6) is 0. The van der Waals surface area contributed by atoms with Gasteiger partial charge < -0.3 is 0 Å². The third-order valence-electron chi connectivity index (χ3n) is 1.53. The molecule has 3 N–H and O–H groups in total. The van der Waals surface area contributed by atoms with Gasteiger partial charge in [-0.2, -0.15) is 0 Å². The van der Waals surface area contributed by atoms with Gasteiger partial charge in [-0.3, -0.25) is 14.2 Å². The molecule has 0 rings (SSSR count). The predicted molar refractivity (Wildman–Crippen MR) is 82.2 cm³/mol. The molecule has 17 heavy (non-hydrogen) atoms. The molecule has 0 spiro atoms. The smallest absolute Gasteiger partial charge is 0.0205 e. The first-order valence-electron chi connectivity index (χ1n) is 6.27. The van der Waals surface area contributed by atoms with Crippen molar-refractivity contribution in [1.29, 1.82) is 0 Å². The average Bonchev–Trinajstić information content (AvgIpc) is 1.65. The van der Waals surface area contributed by atoms with E-state index < -0.39 is 10.6 Å². The van der Waals surface area contributed by atoms with Crippen molar-refractivity contribution >= 4 is 10.6 Å². The second-order valence-corrected chi connectivity index (χ2v) is 10.4. The lowest BCUT2D eigenvalue weighted by molar-refractivity contribution is 0.468. The normalized spacial score (nSPS) is 16.1. The molecule has 0 aromatic carbocycles. The topological polar surface area (TPSA) is 36.1 Å². The van der Waals surface area contributed by atoms with Gasteiger partial charge in [-0.25, -0.2) is 0 Å². The van der Waals surface area contributed by atoms with Crippen LogP contribution in [0.3, 0.4) is 0 Å². The molecule has 0 aliphatic carbocycles. The molecule has 0 unspecified atom stereocenters. The summed E-state index contributed by atoms with van der Waals surface area (Å²) in [6, 6.07) is 0. The van der Waals surface area contributed by atoms with Crippen molar-refractivity contribution in [2.45, 2.75) is 78.9 Å². The minimum absolute atomic E-state index is 0.0839. The van der Waals surface area contributed by atoms with Gasteiger partial charge in [0.2, 0.25) is 0 Å². The van der Waals surface area contributed by atoms with Crippen LogP contribution in [0.4, 0.5) is 0 Å². The zero-order valence-electron chi connectivity index (χ0n) is 13.4. The van der Waals surface area contributed by atoms with Gasteiger partial charge in [0.15, 0.2) is 0 Å². The Balaban J connectivity index is 4.95. The lowest BCUT2D eigenvalue weighted by Crippen LogP contribution is -2.57. The molecule has 0 aromatic rings. The first-order chi connectivity index (χ1) is 7.12. The van der Waals surface area contributed by atoms with Crippen molar-refractivity contribution in [1.82, 2.24) is 14.2 Å². The van der Waals surface area contributed by atoms with Crippen LogP contribution in [0.15, 0.2) is 0 Å². The molecule has 0 fully saturated rings.